The Labute approximate surface area is 216 Å². The molecule has 0 aromatic heterocycles. The van der Waals surface area contributed by atoms with Crippen molar-refractivity contribution in [3.8, 4) is 0 Å². The third kappa shape index (κ3) is 20.1. The highest BCUT2D eigenvalue weighted by Crippen LogP contribution is 2.06. The Morgan fingerprint density at radius 3 is 1.25 bits per heavy atom. The minimum absolute atomic E-state index is 0.268. The van der Waals surface area contributed by atoms with Gasteiger partial charge in [-0.15, -0.1) is 0 Å². The molecule has 7 heteroatoms. The van der Waals surface area contributed by atoms with Crippen molar-refractivity contribution in [3.05, 3.63) is 71.8 Å². The van der Waals surface area contributed by atoms with Gasteiger partial charge in [0.1, 0.15) is 20.0 Å². The van der Waals surface area contributed by atoms with E-state index in [1.54, 1.807) is 0 Å². The van der Waals surface area contributed by atoms with E-state index in [2.05, 4.69) is 27.7 Å². The minimum Gasteiger partial charge on any atom is -0.434 e. The van der Waals surface area contributed by atoms with Crippen molar-refractivity contribution >= 4 is 19.1 Å². The Morgan fingerprint density at radius 2 is 0.944 bits per heavy atom. The van der Waals surface area contributed by atoms with Crippen LogP contribution < -0.4 is 0 Å². The van der Waals surface area contributed by atoms with Crippen molar-refractivity contribution in [2.45, 2.75) is 66.6 Å². The number of hydrogen-bond acceptors (Lipinski definition) is 7. The van der Waals surface area contributed by atoms with Gasteiger partial charge in [0.25, 0.3) is 0 Å². The van der Waals surface area contributed by atoms with Crippen LogP contribution in [0.15, 0.2) is 60.7 Å². The molecular formula is C29H42O7. The number of benzene rings is 2. The van der Waals surface area contributed by atoms with E-state index in [0.717, 1.165) is 36.8 Å². The van der Waals surface area contributed by atoms with E-state index in [4.69, 9.17) is 23.7 Å². The van der Waals surface area contributed by atoms with Gasteiger partial charge < -0.3 is 23.7 Å². The molecule has 2 aromatic rings. The zero-order chi connectivity index (χ0) is 27.0. The summed E-state index contributed by atoms with van der Waals surface area (Å²) in [7, 11) is 0. The normalized spacial score (nSPS) is 9.83. The molecular weight excluding hydrogens is 460 g/mol. The van der Waals surface area contributed by atoms with Crippen LogP contribution in [0.3, 0.4) is 0 Å². The summed E-state index contributed by atoms with van der Waals surface area (Å²) in [4.78, 5) is 30.4. The van der Waals surface area contributed by atoms with Crippen LogP contribution in [0.1, 0.15) is 64.5 Å². The molecule has 0 spiro atoms. The first-order valence-electron chi connectivity index (χ1n) is 12.3. The summed E-state index contributed by atoms with van der Waals surface area (Å²) in [6.45, 7) is 12.0. The van der Waals surface area contributed by atoms with Gasteiger partial charge in [-0.05, 0) is 48.6 Å². The molecule has 0 radical (unpaired) electrons. The maximum atomic E-state index is 11.2. The average Bonchev–Trinajstić information content (AvgIpc) is 2.89. The zero-order valence-corrected chi connectivity index (χ0v) is 22.1. The van der Waals surface area contributed by atoms with E-state index in [1.165, 1.54) is 0 Å². The molecule has 2 rings (SSSR count). The second-order valence-corrected chi connectivity index (χ2v) is 8.82. The van der Waals surface area contributed by atoms with Crippen molar-refractivity contribution in [1.82, 2.24) is 0 Å². The van der Waals surface area contributed by atoms with Crippen LogP contribution in [-0.2, 0) is 37.0 Å². The molecule has 0 amide bonds. The first-order chi connectivity index (χ1) is 17.4. The standard InChI is InChI=1S/2C14H20O3.CH2O/c2*1-12(2)7-6-10-16-14(15)17-11-13-8-4-3-5-9-13;1-2/h2*3-5,8-9,12H,6-7,10-11H2,1-2H3;1H2. The Balaban J connectivity index is 0.000000637. The van der Waals surface area contributed by atoms with Gasteiger partial charge in [0.15, 0.2) is 0 Å². The first-order valence-corrected chi connectivity index (χ1v) is 12.3. The third-order valence-corrected chi connectivity index (χ3v) is 4.69. The van der Waals surface area contributed by atoms with Crippen molar-refractivity contribution < 1.29 is 33.3 Å². The van der Waals surface area contributed by atoms with Crippen LogP contribution in [0.4, 0.5) is 9.59 Å². The third-order valence-electron chi connectivity index (χ3n) is 4.69. The van der Waals surface area contributed by atoms with Crippen LogP contribution in [0, 0.1) is 11.8 Å². The smallest absolute Gasteiger partial charge is 0.434 e. The van der Waals surface area contributed by atoms with E-state index in [9.17, 15) is 9.59 Å². The molecule has 7 nitrogen and oxygen atoms in total. The molecule has 0 fully saturated rings. The molecule has 0 N–H and O–H groups in total. The van der Waals surface area contributed by atoms with Crippen molar-refractivity contribution in [2.75, 3.05) is 13.2 Å². The van der Waals surface area contributed by atoms with Gasteiger partial charge in [-0.1, -0.05) is 88.4 Å². The lowest BCUT2D eigenvalue weighted by Gasteiger charge is -2.07. The van der Waals surface area contributed by atoms with E-state index < -0.39 is 12.3 Å². The maximum Gasteiger partial charge on any atom is 0.508 e. The van der Waals surface area contributed by atoms with Gasteiger partial charge in [-0.3, -0.25) is 0 Å². The molecule has 0 aliphatic carbocycles. The van der Waals surface area contributed by atoms with E-state index in [1.807, 2.05) is 67.5 Å². The highest BCUT2D eigenvalue weighted by molar-refractivity contribution is 5.60. The summed E-state index contributed by atoms with van der Waals surface area (Å²) in [5.74, 6) is 1.28. The molecule has 0 atom stereocenters. The van der Waals surface area contributed by atoms with Gasteiger partial charge in [0, 0.05) is 0 Å². The summed E-state index contributed by atoms with van der Waals surface area (Å²) in [5, 5.41) is 0. The van der Waals surface area contributed by atoms with Crippen LogP contribution in [-0.4, -0.2) is 32.3 Å². The Kier molecular flexibility index (Phi) is 20.1. The number of rotatable bonds is 12. The highest BCUT2D eigenvalue weighted by Gasteiger charge is 2.05. The number of carbonyl (C=O) groups is 3. The highest BCUT2D eigenvalue weighted by atomic mass is 16.7. The molecule has 0 aliphatic heterocycles. The van der Waals surface area contributed by atoms with Crippen LogP contribution in [0.2, 0.25) is 0 Å². The van der Waals surface area contributed by atoms with Crippen LogP contribution in [0.25, 0.3) is 0 Å². The number of carbonyl (C=O) groups excluding carboxylic acids is 3. The molecule has 0 saturated heterocycles. The SMILES string of the molecule is C=O.CC(C)CCCOC(=O)OCc1ccccc1.CC(C)CCCOC(=O)OCc1ccccc1. The molecule has 36 heavy (non-hydrogen) atoms. The maximum absolute atomic E-state index is 11.2. The molecule has 0 bridgehead atoms. The van der Waals surface area contributed by atoms with Crippen molar-refractivity contribution in [2.24, 2.45) is 11.8 Å². The molecule has 0 saturated carbocycles. The Morgan fingerprint density at radius 1 is 0.611 bits per heavy atom. The lowest BCUT2D eigenvalue weighted by atomic mass is 10.1. The second kappa shape index (κ2) is 22.1. The summed E-state index contributed by atoms with van der Waals surface area (Å²) in [6.07, 6.45) is 2.73. The van der Waals surface area contributed by atoms with Gasteiger partial charge in [-0.2, -0.15) is 0 Å². The molecule has 200 valence electrons. The minimum atomic E-state index is -0.586. The summed E-state index contributed by atoms with van der Waals surface area (Å²) in [6, 6.07) is 19.1. The van der Waals surface area contributed by atoms with Crippen LogP contribution >= 0.6 is 0 Å². The van der Waals surface area contributed by atoms with E-state index >= 15 is 0 Å². The Hall–Kier alpha value is -3.35. The summed E-state index contributed by atoms with van der Waals surface area (Å²) < 4.78 is 19.9. The zero-order valence-electron chi connectivity index (χ0n) is 22.1. The van der Waals surface area contributed by atoms with Gasteiger partial charge in [0.05, 0.1) is 13.2 Å². The number of ether oxygens (including phenoxy) is 4. The fourth-order valence-electron chi connectivity index (χ4n) is 2.81. The van der Waals surface area contributed by atoms with Gasteiger partial charge >= 0.3 is 12.3 Å². The Bertz CT molecular complexity index is 724. The summed E-state index contributed by atoms with van der Waals surface area (Å²) >= 11 is 0. The topological polar surface area (TPSA) is 88.1 Å². The van der Waals surface area contributed by atoms with Gasteiger partial charge in [0.2, 0.25) is 0 Å². The lowest BCUT2D eigenvalue weighted by molar-refractivity contribution is -0.0980. The average molecular weight is 503 g/mol. The molecule has 0 aliphatic rings. The first kappa shape index (κ1) is 32.6. The predicted octanol–water partition coefficient (Wildman–Crippen LogP) is 7.37. The second-order valence-electron chi connectivity index (χ2n) is 8.82. The van der Waals surface area contributed by atoms with Crippen molar-refractivity contribution in [1.29, 1.82) is 0 Å². The fourth-order valence-corrected chi connectivity index (χ4v) is 2.81. The molecule has 0 heterocycles. The quantitative estimate of drug-likeness (QED) is 0.221. The lowest BCUT2D eigenvalue weighted by Crippen LogP contribution is -2.08. The van der Waals surface area contributed by atoms with E-state index in [0.29, 0.717) is 25.0 Å². The van der Waals surface area contributed by atoms with E-state index in [-0.39, 0.29) is 13.2 Å². The predicted molar refractivity (Wildman–Crippen MR) is 140 cm³/mol. The van der Waals surface area contributed by atoms with Gasteiger partial charge in [-0.25, -0.2) is 9.59 Å². The molecule has 0 unspecified atom stereocenters. The molecule has 2 aromatic carbocycles. The monoisotopic (exact) mass is 502 g/mol. The number of hydrogen-bond donors (Lipinski definition) is 0. The van der Waals surface area contributed by atoms with Crippen LogP contribution in [0.5, 0.6) is 0 Å². The largest absolute Gasteiger partial charge is 0.508 e. The summed E-state index contributed by atoms with van der Waals surface area (Å²) in [5.41, 5.74) is 1.93. The fraction of sp³-hybridized carbons (Fsp3) is 0.483. The van der Waals surface area contributed by atoms with Crippen molar-refractivity contribution in [3.63, 3.8) is 0 Å².